The van der Waals surface area contributed by atoms with Crippen molar-refractivity contribution < 1.29 is 4.79 Å². The summed E-state index contributed by atoms with van der Waals surface area (Å²) in [4.78, 5) is 14.0. The molecule has 0 aromatic rings. The van der Waals surface area contributed by atoms with E-state index < -0.39 is 0 Å². The lowest BCUT2D eigenvalue weighted by Crippen LogP contribution is -2.37. The number of likely N-dealkylation sites (tertiary alicyclic amines) is 1. The Labute approximate surface area is 84.8 Å². The van der Waals surface area contributed by atoms with Gasteiger partial charge in [0.1, 0.15) is 0 Å². The predicted molar refractivity (Wildman–Crippen MR) is 53.7 cm³/mol. The van der Waals surface area contributed by atoms with Gasteiger partial charge >= 0.3 is 0 Å². The maximum absolute atomic E-state index is 11.4. The highest BCUT2D eigenvalue weighted by Gasteiger charge is 2.62. The van der Waals surface area contributed by atoms with E-state index in [2.05, 4.69) is 17.1 Å². The Bertz CT molecular complexity index is 273. The summed E-state index contributed by atoms with van der Waals surface area (Å²) < 4.78 is 0. The molecule has 1 heterocycles. The van der Waals surface area contributed by atoms with Crippen LogP contribution in [-0.4, -0.2) is 36.5 Å². The molecule has 2 atom stereocenters. The van der Waals surface area contributed by atoms with Crippen LogP contribution in [0, 0.1) is 17.8 Å². The van der Waals surface area contributed by atoms with Crippen LogP contribution in [-0.2, 0) is 4.79 Å². The molecule has 1 amide bonds. The second-order valence-corrected chi connectivity index (χ2v) is 5.37. The zero-order valence-electron chi connectivity index (χ0n) is 8.92. The number of hydrogen-bond acceptors (Lipinski definition) is 2. The molecule has 0 aromatic carbocycles. The van der Waals surface area contributed by atoms with Gasteiger partial charge in [0.2, 0.25) is 5.91 Å². The average molecular weight is 194 g/mol. The quantitative estimate of drug-likeness (QED) is 0.693. The molecule has 3 nitrogen and oxygen atoms in total. The molecule has 3 rings (SSSR count). The molecule has 14 heavy (non-hydrogen) atoms. The molecule has 0 radical (unpaired) electrons. The Hall–Kier alpha value is -0.570. The van der Waals surface area contributed by atoms with Crippen molar-refractivity contribution in [1.82, 2.24) is 10.2 Å². The standard InChI is InChI=1S/C11H18N2O/c1-11(3-4-11)13-5-7-8(6-13)9(7)10(14)12-2/h7-9H,3-6H2,1-2H3,(H,12,14). The number of amides is 1. The van der Waals surface area contributed by atoms with Gasteiger partial charge < -0.3 is 5.32 Å². The van der Waals surface area contributed by atoms with E-state index in [0.29, 0.717) is 23.3 Å². The first-order valence-corrected chi connectivity index (χ1v) is 5.62. The zero-order chi connectivity index (χ0) is 9.92. The van der Waals surface area contributed by atoms with Gasteiger partial charge in [-0.15, -0.1) is 0 Å². The monoisotopic (exact) mass is 194 g/mol. The van der Waals surface area contributed by atoms with E-state index >= 15 is 0 Å². The van der Waals surface area contributed by atoms with Gasteiger partial charge in [-0.2, -0.15) is 0 Å². The third-order valence-electron chi connectivity index (χ3n) is 4.48. The smallest absolute Gasteiger partial charge is 0.223 e. The number of rotatable bonds is 2. The third kappa shape index (κ3) is 1.05. The molecule has 1 aliphatic heterocycles. The maximum atomic E-state index is 11.4. The minimum Gasteiger partial charge on any atom is -0.359 e. The van der Waals surface area contributed by atoms with Gasteiger partial charge in [0.15, 0.2) is 0 Å². The van der Waals surface area contributed by atoms with Crippen LogP contribution in [0.4, 0.5) is 0 Å². The summed E-state index contributed by atoms with van der Waals surface area (Å²) in [5, 5.41) is 2.77. The minimum atomic E-state index is 0.264. The summed E-state index contributed by atoms with van der Waals surface area (Å²) in [6.07, 6.45) is 2.72. The summed E-state index contributed by atoms with van der Waals surface area (Å²) in [7, 11) is 1.75. The van der Waals surface area contributed by atoms with Crippen molar-refractivity contribution in [2.75, 3.05) is 20.1 Å². The Balaban J connectivity index is 1.60. The summed E-state index contributed by atoms with van der Waals surface area (Å²) >= 11 is 0. The maximum Gasteiger partial charge on any atom is 0.223 e. The van der Waals surface area contributed by atoms with E-state index in [1.54, 1.807) is 7.05 Å². The van der Waals surface area contributed by atoms with Crippen LogP contribution in [0.1, 0.15) is 19.8 Å². The van der Waals surface area contributed by atoms with Crippen molar-refractivity contribution in [3.8, 4) is 0 Å². The zero-order valence-corrected chi connectivity index (χ0v) is 8.92. The molecule has 2 saturated carbocycles. The molecule has 3 aliphatic rings. The molecular weight excluding hydrogens is 176 g/mol. The first-order chi connectivity index (χ1) is 6.65. The first-order valence-electron chi connectivity index (χ1n) is 5.62. The van der Waals surface area contributed by atoms with Crippen molar-refractivity contribution >= 4 is 5.91 Å². The Morgan fingerprint density at radius 1 is 1.36 bits per heavy atom. The third-order valence-corrected chi connectivity index (χ3v) is 4.48. The lowest BCUT2D eigenvalue weighted by molar-refractivity contribution is -0.122. The highest BCUT2D eigenvalue weighted by Crippen LogP contribution is 2.56. The Kier molecular flexibility index (Phi) is 1.56. The summed E-state index contributed by atoms with van der Waals surface area (Å²) in [5.41, 5.74) is 0.515. The van der Waals surface area contributed by atoms with Crippen molar-refractivity contribution in [2.45, 2.75) is 25.3 Å². The number of nitrogens with zero attached hydrogens (tertiary/aromatic N) is 1. The molecule has 1 N–H and O–H groups in total. The second-order valence-electron chi connectivity index (χ2n) is 5.37. The van der Waals surface area contributed by atoms with Crippen LogP contribution in [0.3, 0.4) is 0 Å². The SMILES string of the molecule is CNC(=O)C1C2CN(C3(C)CC3)CC21. The van der Waals surface area contributed by atoms with Crippen LogP contribution in [0.2, 0.25) is 0 Å². The highest BCUT2D eigenvalue weighted by molar-refractivity contribution is 5.82. The van der Waals surface area contributed by atoms with Crippen LogP contribution >= 0.6 is 0 Å². The second kappa shape index (κ2) is 2.51. The Morgan fingerprint density at radius 2 is 1.93 bits per heavy atom. The Morgan fingerprint density at radius 3 is 2.36 bits per heavy atom. The molecular formula is C11H18N2O. The van der Waals surface area contributed by atoms with Gasteiger partial charge in [-0.1, -0.05) is 0 Å². The fraction of sp³-hybridized carbons (Fsp3) is 0.909. The van der Waals surface area contributed by atoms with Crippen LogP contribution in [0.25, 0.3) is 0 Å². The summed E-state index contributed by atoms with van der Waals surface area (Å²) in [6, 6.07) is 0. The molecule has 2 aliphatic carbocycles. The molecule has 3 fully saturated rings. The fourth-order valence-electron chi connectivity index (χ4n) is 3.02. The van der Waals surface area contributed by atoms with Gasteiger partial charge in [-0.3, -0.25) is 9.69 Å². The molecule has 78 valence electrons. The lowest BCUT2D eigenvalue weighted by atomic mass is 10.2. The van der Waals surface area contributed by atoms with E-state index in [4.69, 9.17) is 0 Å². The summed E-state index contributed by atoms with van der Waals surface area (Å²) in [5.74, 6) is 1.96. The van der Waals surface area contributed by atoms with Gasteiger partial charge in [-0.25, -0.2) is 0 Å². The lowest BCUT2D eigenvalue weighted by Gasteiger charge is -2.26. The van der Waals surface area contributed by atoms with Gasteiger partial charge in [0.25, 0.3) is 0 Å². The molecule has 2 unspecified atom stereocenters. The minimum absolute atomic E-state index is 0.264. The van der Waals surface area contributed by atoms with E-state index in [9.17, 15) is 4.79 Å². The van der Waals surface area contributed by atoms with Crippen LogP contribution in [0.5, 0.6) is 0 Å². The fourth-order valence-corrected chi connectivity index (χ4v) is 3.02. The van der Waals surface area contributed by atoms with Crippen molar-refractivity contribution in [2.24, 2.45) is 17.8 Å². The van der Waals surface area contributed by atoms with E-state index in [-0.39, 0.29) is 5.91 Å². The van der Waals surface area contributed by atoms with Gasteiger partial charge in [-0.05, 0) is 31.6 Å². The topological polar surface area (TPSA) is 32.3 Å². The van der Waals surface area contributed by atoms with Crippen molar-refractivity contribution in [1.29, 1.82) is 0 Å². The number of fused-ring (bicyclic) bond motifs is 1. The van der Waals surface area contributed by atoms with E-state index in [1.165, 1.54) is 25.9 Å². The molecule has 1 saturated heterocycles. The number of carbonyl (C=O) groups excluding carboxylic acids is 1. The van der Waals surface area contributed by atoms with Gasteiger partial charge in [0, 0.05) is 31.6 Å². The predicted octanol–water partition coefficient (Wildman–Crippen LogP) is 0.463. The number of nitrogens with one attached hydrogen (secondary N) is 1. The molecule has 0 bridgehead atoms. The first kappa shape index (κ1) is 8.72. The number of carbonyl (C=O) groups is 1. The van der Waals surface area contributed by atoms with Crippen LogP contribution < -0.4 is 5.32 Å². The van der Waals surface area contributed by atoms with E-state index in [1.807, 2.05) is 0 Å². The largest absolute Gasteiger partial charge is 0.359 e. The van der Waals surface area contributed by atoms with Gasteiger partial charge in [0.05, 0.1) is 0 Å². The van der Waals surface area contributed by atoms with Crippen molar-refractivity contribution in [3.05, 3.63) is 0 Å². The normalized spacial score (nSPS) is 43.1. The van der Waals surface area contributed by atoms with Crippen molar-refractivity contribution in [3.63, 3.8) is 0 Å². The highest BCUT2D eigenvalue weighted by atomic mass is 16.2. The molecule has 0 spiro atoms. The number of hydrogen-bond donors (Lipinski definition) is 1. The molecule has 3 heteroatoms. The average Bonchev–Trinajstić information content (AvgIpc) is 3.04. The molecule has 0 aromatic heterocycles. The number of piperidine rings is 1. The summed E-state index contributed by atoms with van der Waals surface area (Å²) in [6.45, 7) is 4.69. The van der Waals surface area contributed by atoms with E-state index in [0.717, 1.165) is 0 Å². The van der Waals surface area contributed by atoms with Crippen LogP contribution in [0.15, 0.2) is 0 Å².